The number of fused-ring (bicyclic) bond motifs is 1. The maximum atomic E-state index is 12.7. The molecule has 0 radical (unpaired) electrons. The Morgan fingerprint density at radius 1 is 1.00 bits per heavy atom. The SMILES string of the molecule is O=C(C(=S)N1CCCCC1)N1CCCc2ccccc21. The van der Waals surface area contributed by atoms with Crippen molar-refractivity contribution in [3.8, 4) is 0 Å². The van der Waals surface area contributed by atoms with Crippen molar-refractivity contribution in [1.29, 1.82) is 0 Å². The van der Waals surface area contributed by atoms with E-state index in [4.69, 9.17) is 12.2 Å². The minimum atomic E-state index is 0.00838. The van der Waals surface area contributed by atoms with Gasteiger partial charge in [0.1, 0.15) is 0 Å². The molecule has 0 unspecified atom stereocenters. The highest BCUT2D eigenvalue weighted by Crippen LogP contribution is 2.27. The van der Waals surface area contributed by atoms with E-state index in [2.05, 4.69) is 11.0 Å². The third-order valence-electron chi connectivity index (χ3n) is 4.18. The Morgan fingerprint density at radius 3 is 2.55 bits per heavy atom. The zero-order valence-corrected chi connectivity index (χ0v) is 12.5. The van der Waals surface area contributed by atoms with Crippen LogP contribution in [0.5, 0.6) is 0 Å². The molecule has 1 amide bonds. The zero-order valence-electron chi connectivity index (χ0n) is 11.7. The first-order valence-corrected chi connectivity index (χ1v) is 7.87. The second-order valence-electron chi connectivity index (χ2n) is 5.54. The van der Waals surface area contributed by atoms with Gasteiger partial charge in [-0.25, -0.2) is 0 Å². The molecule has 1 aromatic carbocycles. The largest absolute Gasteiger partial charge is 0.358 e. The number of hydrogen-bond donors (Lipinski definition) is 0. The summed E-state index contributed by atoms with van der Waals surface area (Å²) >= 11 is 5.44. The van der Waals surface area contributed by atoms with Crippen LogP contribution in [0.15, 0.2) is 24.3 Å². The van der Waals surface area contributed by atoms with Crippen LogP contribution in [0.2, 0.25) is 0 Å². The van der Waals surface area contributed by atoms with E-state index in [1.807, 2.05) is 23.1 Å². The molecule has 106 valence electrons. The summed E-state index contributed by atoms with van der Waals surface area (Å²) in [6, 6.07) is 8.17. The van der Waals surface area contributed by atoms with Crippen LogP contribution in [0, 0.1) is 0 Å². The quantitative estimate of drug-likeness (QED) is 0.686. The summed E-state index contributed by atoms with van der Waals surface area (Å²) in [5, 5.41) is 0. The fourth-order valence-electron chi connectivity index (χ4n) is 3.09. The molecule has 2 aliphatic heterocycles. The van der Waals surface area contributed by atoms with Crippen molar-refractivity contribution in [3.05, 3.63) is 29.8 Å². The van der Waals surface area contributed by atoms with Crippen molar-refractivity contribution in [2.45, 2.75) is 32.1 Å². The second kappa shape index (κ2) is 5.92. The number of carbonyl (C=O) groups is 1. The van der Waals surface area contributed by atoms with Gasteiger partial charge in [-0.15, -0.1) is 0 Å². The Bertz CT molecular complexity index is 523. The first kappa shape index (κ1) is 13.6. The Hall–Kier alpha value is -1.42. The lowest BCUT2D eigenvalue weighted by atomic mass is 10.0. The van der Waals surface area contributed by atoms with Gasteiger partial charge in [0, 0.05) is 25.3 Å². The summed E-state index contributed by atoms with van der Waals surface area (Å²) in [5.74, 6) is 0.00838. The van der Waals surface area contributed by atoms with Gasteiger partial charge in [-0.3, -0.25) is 4.79 Å². The molecule has 1 aromatic rings. The Kier molecular flexibility index (Phi) is 4.01. The molecule has 0 bridgehead atoms. The predicted molar refractivity (Wildman–Crippen MR) is 85.1 cm³/mol. The molecule has 2 heterocycles. The Labute approximate surface area is 125 Å². The van der Waals surface area contributed by atoms with Crippen molar-refractivity contribution >= 4 is 28.8 Å². The van der Waals surface area contributed by atoms with Crippen LogP contribution in [0.25, 0.3) is 0 Å². The molecule has 1 saturated heterocycles. The number of hydrogen-bond acceptors (Lipinski definition) is 2. The third-order valence-corrected chi connectivity index (χ3v) is 4.61. The normalized spacial score (nSPS) is 18.6. The smallest absolute Gasteiger partial charge is 0.285 e. The highest BCUT2D eigenvalue weighted by molar-refractivity contribution is 7.82. The summed E-state index contributed by atoms with van der Waals surface area (Å²) in [5.41, 5.74) is 2.30. The van der Waals surface area contributed by atoms with Crippen molar-refractivity contribution in [1.82, 2.24) is 4.90 Å². The molecule has 0 saturated carbocycles. The van der Waals surface area contributed by atoms with Crippen LogP contribution in [0.1, 0.15) is 31.2 Å². The molecule has 0 aromatic heterocycles. The van der Waals surface area contributed by atoms with Gasteiger partial charge in [0.15, 0.2) is 4.99 Å². The summed E-state index contributed by atoms with van der Waals surface area (Å²) in [6.45, 7) is 2.64. The number of aryl methyl sites for hydroxylation is 1. The molecule has 20 heavy (non-hydrogen) atoms. The Morgan fingerprint density at radius 2 is 1.75 bits per heavy atom. The lowest BCUT2D eigenvalue weighted by Crippen LogP contribution is -2.47. The number of carbonyl (C=O) groups excluding carboxylic acids is 1. The van der Waals surface area contributed by atoms with Crippen molar-refractivity contribution in [3.63, 3.8) is 0 Å². The van der Waals surface area contributed by atoms with E-state index in [0.717, 1.165) is 51.0 Å². The molecule has 4 heteroatoms. The average Bonchev–Trinajstić information content (AvgIpc) is 2.54. The van der Waals surface area contributed by atoms with Crippen molar-refractivity contribution < 1.29 is 4.79 Å². The predicted octanol–water partition coefficient (Wildman–Crippen LogP) is 2.78. The van der Waals surface area contributed by atoms with Crippen LogP contribution in [-0.2, 0) is 11.2 Å². The number of thiocarbonyl (C=S) groups is 1. The lowest BCUT2D eigenvalue weighted by molar-refractivity contribution is -0.113. The summed E-state index contributed by atoms with van der Waals surface area (Å²) < 4.78 is 0. The molecule has 2 aliphatic rings. The molecule has 0 atom stereocenters. The highest BCUT2D eigenvalue weighted by atomic mass is 32.1. The monoisotopic (exact) mass is 288 g/mol. The molecular weight excluding hydrogens is 268 g/mol. The number of likely N-dealkylation sites (tertiary alicyclic amines) is 1. The van der Waals surface area contributed by atoms with E-state index in [-0.39, 0.29) is 5.91 Å². The Balaban J connectivity index is 1.79. The van der Waals surface area contributed by atoms with Gasteiger partial charge in [0.2, 0.25) is 0 Å². The number of amides is 1. The van der Waals surface area contributed by atoms with E-state index >= 15 is 0 Å². The van der Waals surface area contributed by atoms with Gasteiger partial charge >= 0.3 is 0 Å². The first-order chi connectivity index (χ1) is 9.77. The number of rotatable bonds is 0. The van der Waals surface area contributed by atoms with Gasteiger partial charge in [-0.2, -0.15) is 0 Å². The number of anilines is 1. The van der Waals surface area contributed by atoms with Gasteiger partial charge in [-0.1, -0.05) is 30.4 Å². The number of piperidine rings is 1. The lowest BCUT2D eigenvalue weighted by Gasteiger charge is -2.34. The van der Waals surface area contributed by atoms with Gasteiger partial charge in [0.25, 0.3) is 5.91 Å². The first-order valence-electron chi connectivity index (χ1n) is 7.46. The number of benzene rings is 1. The minimum Gasteiger partial charge on any atom is -0.358 e. The molecule has 1 fully saturated rings. The van der Waals surface area contributed by atoms with Gasteiger partial charge in [-0.05, 0) is 43.7 Å². The standard InChI is InChI=1S/C16H20N2OS/c19-15(16(20)17-10-4-1-5-11-17)18-12-6-8-13-7-2-3-9-14(13)18/h2-3,7,9H,1,4-6,8,10-12H2. The van der Waals surface area contributed by atoms with Crippen LogP contribution >= 0.6 is 12.2 Å². The van der Waals surface area contributed by atoms with E-state index in [1.54, 1.807) is 0 Å². The van der Waals surface area contributed by atoms with Gasteiger partial charge < -0.3 is 9.80 Å². The van der Waals surface area contributed by atoms with Crippen molar-refractivity contribution in [2.24, 2.45) is 0 Å². The third kappa shape index (κ3) is 2.57. The molecule has 0 spiro atoms. The molecular formula is C16H20N2OS. The van der Waals surface area contributed by atoms with E-state index in [1.165, 1.54) is 12.0 Å². The zero-order chi connectivity index (χ0) is 13.9. The van der Waals surface area contributed by atoms with Crippen LogP contribution in [-0.4, -0.2) is 35.4 Å². The topological polar surface area (TPSA) is 23.6 Å². The fourth-order valence-corrected chi connectivity index (χ4v) is 3.39. The summed E-state index contributed by atoms with van der Waals surface area (Å²) in [4.78, 5) is 17.2. The molecule has 3 nitrogen and oxygen atoms in total. The van der Waals surface area contributed by atoms with Crippen LogP contribution in [0.3, 0.4) is 0 Å². The molecule has 3 rings (SSSR count). The number of para-hydroxylation sites is 1. The summed E-state index contributed by atoms with van der Waals surface area (Å²) in [6.07, 6.45) is 5.61. The van der Waals surface area contributed by atoms with E-state index in [9.17, 15) is 4.79 Å². The maximum Gasteiger partial charge on any atom is 0.285 e. The van der Waals surface area contributed by atoms with Crippen molar-refractivity contribution in [2.75, 3.05) is 24.5 Å². The van der Waals surface area contributed by atoms with Crippen LogP contribution < -0.4 is 4.90 Å². The average molecular weight is 288 g/mol. The minimum absolute atomic E-state index is 0.00838. The maximum absolute atomic E-state index is 12.7. The molecule has 0 aliphatic carbocycles. The number of nitrogens with zero attached hydrogens (tertiary/aromatic N) is 2. The summed E-state index contributed by atoms with van der Waals surface area (Å²) in [7, 11) is 0. The van der Waals surface area contributed by atoms with Crippen LogP contribution in [0.4, 0.5) is 5.69 Å². The highest BCUT2D eigenvalue weighted by Gasteiger charge is 2.28. The fraction of sp³-hybridized carbons (Fsp3) is 0.500. The van der Waals surface area contributed by atoms with Gasteiger partial charge in [0.05, 0.1) is 0 Å². The second-order valence-corrected chi connectivity index (χ2v) is 5.93. The van der Waals surface area contributed by atoms with E-state index < -0.39 is 0 Å². The van der Waals surface area contributed by atoms with E-state index in [0.29, 0.717) is 4.99 Å². The molecule has 0 N–H and O–H groups in total.